The number of aliphatic imine (C=N–C) groups is 1. The van der Waals surface area contributed by atoms with Gasteiger partial charge in [-0.3, -0.25) is 9.55 Å². The third-order valence-electron chi connectivity index (χ3n) is 5.78. The zero-order chi connectivity index (χ0) is 22.5. The Balaban J connectivity index is 1.94. The highest BCUT2D eigenvalue weighted by molar-refractivity contribution is 7.80. The minimum atomic E-state index is -4.57. The summed E-state index contributed by atoms with van der Waals surface area (Å²) in [7, 11) is -4.57. The first-order valence-electron chi connectivity index (χ1n) is 11.8. The number of hydrogen-bond donors (Lipinski definition) is 1. The molecule has 0 bridgehead atoms. The molecule has 2 unspecified atom stereocenters. The second kappa shape index (κ2) is 14.0. The topological polar surface area (TPSA) is 85.2 Å². The lowest BCUT2D eigenvalue weighted by Gasteiger charge is -2.22. The number of ether oxygens (including phenoxy) is 1. The largest absolute Gasteiger partial charge is 0.397 e. The van der Waals surface area contributed by atoms with Crippen LogP contribution in [0, 0.1) is 5.92 Å². The summed E-state index contributed by atoms with van der Waals surface area (Å²) in [5.74, 6) is 0.468. The van der Waals surface area contributed by atoms with Crippen molar-refractivity contribution in [2.24, 2.45) is 10.9 Å². The normalized spacial score (nSPS) is 15.9. The number of nitrogens with zero attached hydrogens (tertiary/aromatic N) is 1. The van der Waals surface area contributed by atoms with Gasteiger partial charge in [0.25, 0.3) is 0 Å². The van der Waals surface area contributed by atoms with Crippen molar-refractivity contribution >= 4 is 16.1 Å². The Morgan fingerprint density at radius 3 is 2.52 bits per heavy atom. The fourth-order valence-corrected chi connectivity index (χ4v) is 4.60. The van der Waals surface area contributed by atoms with E-state index in [-0.39, 0.29) is 13.0 Å². The lowest BCUT2D eigenvalue weighted by atomic mass is 9.94. The average Bonchev–Trinajstić information content (AvgIpc) is 2.73. The van der Waals surface area contributed by atoms with E-state index in [2.05, 4.69) is 24.9 Å². The zero-order valence-corrected chi connectivity index (χ0v) is 19.9. The molecular weight excluding hydrogens is 414 g/mol. The van der Waals surface area contributed by atoms with Gasteiger partial charge in [-0.25, -0.2) is 4.18 Å². The van der Waals surface area contributed by atoms with E-state index in [1.165, 1.54) is 37.7 Å². The molecule has 1 aliphatic heterocycles. The van der Waals surface area contributed by atoms with Crippen LogP contribution >= 0.6 is 0 Å². The van der Waals surface area contributed by atoms with Crippen LogP contribution in [0.1, 0.15) is 82.8 Å². The monoisotopic (exact) mass is 453 g/mol. The van der Waals surface area contributed by atoms with Gasteiger partial charge in [-0.15, -0.1) is 0 Å². The summed E-state index contributed by atoms with van der Waals surface area (Å²) in [6.07, 6.45) is 9.84. The van der Waals surface area contributed by atoms with Crippen molar-refractivity contribution in [3.63, 3.8) is 0 Å². The number of fused-ring (bicyclic) bond motifs is 1. The van der Waals surface area contributed by atoms with Crippen LogP contribution in [0.25, 0.3) is 0 Å². The average molecular weight is 454 g/mol. The lowest BCUT2D eigenvalue weighted by molar-refractivity contribution is 0.0295. The van der Waals surface area contributed by atoms with Crippen LogP contribution in [-0.4, -0.2) is 44.5 Å². The Labute approximate surface area is 188 Å². The van der Waals surface area contributed by atoms with Gasteiger partial charge in [0, 0.05) is 25.3 Å². The van der Waals surface area contributed by atoms with E-state index in [0.717, 1.165) is 37.0 Å². The van der Waals surface area contributed by atoms with E-state index in [1.807, 2.05) is 18.2 Å². The summed E-state index contributed by atoms with van der Waals surface area (Å²) in [5, 5.41) is 0. The Morgan fingerprint density at radius 2 is 1.77 bits per heavy atom. The highest BCUT2D eigenvalue weighted by atomic mass is 32.3. The molecule has 176 valence electrons. The van der Waals surface area contributed by atoms with Gasteiger partial charge in [0.05, 0.1) is 6.61 Å². The highest BCUT2D eigenvalue weighted by Gasteiger charge is 2.23. The van der Waals surface area contributed by atoms with E-state index >= 15 is 0 Å². The first kappa shape index (κ1) is 26.0. The Kier molecular flexibility index (Phi) is 11.7. The van der Waals surface area contributed by atoms with Crippen molar-refractivity contribution in [2.45, 2.75) is 84.2 Å². The van der Waals surface area contributed by atoms with Crippen molar-refractivity contribution in [1.82, 2.24) is 0 Å². The van der Waals surface area contributed by atoms with E-state index in [4.69, 9.17) is 8.92 Å². The maximum absolute atomic E-state index is 11.4. The predicted molar refractivity (Wildman–Crippen MR) is 125 cm³/mol. The van der Waals surface area contributed by atoms with Gasteiger partial charge in [0.2, 0.25) is 0 Å². The minimum absolute atomic E-state index is 0.110. The third kappa shape index (κ3) is 10.3. The van der Waals surface area contributed by atoms with E-state index in [1.54, 1.807) is 0 Å². The van der Waals surface area contributed by atoms with Crippen molar-refractivity contribution in [3.05, 3.63) is 35.4 Å². The Hall–Kier alpha value is -1.28. The number of unbranched alkanes of at least 4 members (excludes halogenated alkanes) is 4. The van der Waals surface area contributed by atoms with Gasteiger partial charge in [-0.2, -0.15) is 8.42 Å². The molecule has 0 aliphatic carbocycles. The smallest absolute Gasteiger partial charge is 0.378 e. The van der Waals surface area contributed by atoms with Gasteiger partial charge in [-0.1, -0.05) is 76.6 Å². The maximum atomic E-state index is 11.4. The first-order chi connectivity index (χ1) is 14.9. The van der Waals surface area contributed by atoms with Gasteiger partial charge < -0.3 is 4.74 Å². The number of benzene rings is 1. The number of rotatable bonds is 16. The Bertz CT molecular complexity index is 778. The van der Waals surface area contributed by atoms with Crippen molar-refractivity contribution < 1.29 is 21.9 Å². The zero-order valence-electron chi connectivity index (χ0n) is 19.1. The first-order valence-corrected chi connectivity index (χ1v) is 13.1. The molecule has 0 radical (unpaired) electrons. The van der Waals surface area contributed by atoms with E-state index in [0.29, 0.717) is 19.1 Å². The summed E-state index contributed by atoms with van der Waals surface area (Å²) >= 11 is 0. The lowest BCUT2D eigenvalue weighted by Crippen LogP contribution is -2.29. The molecule has 31 heavy (non-hydrogen) atoms. The summed E-state index contributed by atoms with van der Waals surface area (Å²) < 4.78 is 43.0. The second-order valence-corrected chi connectivity index (χ2v) is 9.53. The standard InChI is InChI=1S/C24H39NO5S/c1-3-5-7-8-12-20(11-6-4-2)18-29-19-22(30-31(26,27)28)17-24-23-14-10-9-13-21(23)15-16-25-24/h9-10,13-14,20,22H,3-8,11-12,15-19H2,1-2H3,(H,26,27,28). The van der Waals surface area contributed by atoms with Crippen LogP contribution < -0.4 is 0 Å². The highest BCUT2D eigenvalue weighted by Crippen LogP contribution is 2.21. The quantitative estimate of drug-likeness (QED) is 0.267. The molecular formula is C24H39NO5S. The minimum Gasteiger partial charge on any atom is -0.378 e. The van der Waals surface area contributed by atoms with Crippen LogP contribution in [-0.2, 0) is 25.7 Å². The Morgan fingerprint density at radius 1 is 1.03 bits per heavy atom. The molecule has 7 heteroatoms. The molecule has 0 saturated carbocycles. The molecule has 0 fully saturated rings. The van der Waals surface area contributed by atoms with Gasteiger partial charge >= 0.3 is 10.4 Å². The molecule has 6 nitrogen and oxygen atoms in total. The van der Waals surface area contributed by atoms with Crippen LogP contribution in [0.3, 0.4) is 0 Å². The predicted octanol–water partition coefficient (Wildman–Crippen LogP) is 5.40. The summed E-state index contributed by atoms with van der Waals surface area (Å²) in [5.41, 5.74) is 3.03. The fourth-order valence-electron chi connectivity index (χ4n) is 4.13. The SMILES string of the molecule is CCCCCCC(CCCC)COCC(CC1=NCCc2ccccc21)OS(=O)(=O)O. The molecule has 1 N–H and O–H groups in total. The molecule has 2 rings (SSSR count). The van der Waals surface area contributed by atoms with Gasteiger partial charge in [0.1, 0.15) is 6.10 Å². The van der Waals surface area contributed by atoms with Gasteiger partial charge in [-0.05, 0) is 36.3 Å². The summed E-state index contributed by atoms with van der Waals surface area (Å²) in [4.78, 5) is 4.59. The molecule has 1 heterocycles. The molecule has 0 aromatic heterocycles. The van der Waals surface area contributed by atoms with Crippen molar-refractivity contribution in [3.8, 4) is 0 Å². The molecule has 1 aromatic carbocycles. The number of hydrogen-bond acceptors (Lipinski definition) is 5. The van der Waals surface area contributed by atoms with Crippen molar-refractivity contribution in [2.75, 3.05) is 19.8 Å². The fraction of sp³-hybridized carbons (Fsp3) is 0.708. The van der Waals surface area contributed by atoms with Crippen LogP contribution in [0.15, 0.2) is 29.3 Å². The molecule has 0 amide bonds. The molecule has 2 atom stereocenters. The van der Waals surface area contributed by atoms with Gasteiger partial charge in [0.15, 0.2) is 0 Å². The second-order valence-electron chi connectivity index (χ2n) is 8.48. The van der Waals surface area contributed by atoms with Crippen molar-refractivity contribution in [1.29, 1.82) is 0 Å². The molecule has 1 aliphatic rings. The summed E-state index contributed by atoms with van der Waals surface area (Å²) in [6.45, 7) is 5.76. The molecule has 0 spiro atoms. The maximum Gasteiger partial charge on any atom is 0.397 e. The third-order valence-corrected chi connectivity index (χ3v) is 6.30. The van der Waals surface area contributed by atoms with Crippen LogP contribution in [0.4, 0.5) is 0 Å². The van der Waals surface area contributed by atoms with E-state index in [9.17, 15) is 13.0 Å². The van der Waals surface area contributed by atoms with Crippen LogP contribution in [0.2, 0.25) is 0 Å². The molecule has 1 aromatic rings. The van der Waals surface area contributed by atoms with Crippen LogP contribution in [0.5, 0.6) is 0 Å². The summed E-state index contributed by atoms with van der Waals surface area (Å²) in [6, 6.07) is 8.01. The van der Waals surface area contributed by atoms with E-state index < -0.39 is 16.5 Å². The molecule has 0 saturated heterocycles.